The Kier molecular flexibility index (Phi) is 5.54. The van der Waals surface area contributed by atoms with Crippen molar-refractivity contribution >= 4 is 17.7 Å². The highest BCUT2D eigenvalue weighted by Crippen LogP contribution is 2.15. The number of carbonyl (C=O) groups is 1. The molecule has 0 spiro atoms. The van der Waals surface area contributed by atoms with Gasteiger partial charge in [-0.05, 0) is 26.3 Å². The Labute approximate surface area is 106 Å². The van der Waals surface area contributed by atoms with Crippen molar-refractivity contribution in [2.75, 3.05) is 25.6 Å². The fourth-order valence-electron chi connectivity index (χ4n) is 1.51. The summed E-state index contributed by atoms with van der Waals surface area (Å²) in [6, 6.07) is 1.88. The highest BCUT2D eigenvalue weighted by Gasteiger charge is 2.15. The highest BCUT2D eigenvalue weighted by molar-refractivity contribution is 7.98. The van der Waals surface area contributed by atoms with Gasteiger partial charge < -0.3 is 4.42 Å². The fourth-order valence-corrected chi connectivity index (χ4v) is 2.00. The predicted molar refractivity (Wildman–Crippen MR) is 69.8 cm³/mol. The second kappa shape index (κ2) is 6.68. The molecule has 1 aromatic heterocycles. The van der Waals surface area contributed by atoms with Gasteiger partial charge in [0.25, 0.3) is 0 Å². The van der Waals surface area contributed by atoms with Crippen molar-refractivity contribution in [3.8, 4) is 0 Å². The molecule has 0 unspecified atom stereocenters. The molecule has 1 rings (SSSR count). The van der Waals surface area contributed by atoms with Gasteiger partial charge in [0.15, 0.2) is 5.76 Å². The van der Waals surface area contributed by atoms with Crippen molar-refractivity contribution in [1.82, 2.24) is 10.3 Å². The normalized spacial score (nSPS) is 10.9. The van der Waals surface area contributed by atoms with Gasteiger partial charge in [-0.3, -0.25) is 15.1 Å². The van der Waals surface area contributed by atoms with Crippen LogP contribution >= 0.6 is 11.8 Å². The van der Waals surface area contributed by atoms with Gasteiger partial charge in [0.05, 0.1) is 6.54 Å². The number of thioether (sulfide) groups is 1. The minimum atomic E-state index is -0.388. The van der Waals surface area contributed by atoms with E-state index in [9.17, 15) is 4.79 Å². The molecule has 0 atom stereocenters. The van der Waals surface area contributed by atoms with Crippen LogP contribution in [-0.4, -0.2) is 36.4 Å². The minimum Gasteiger partial charge on any atom is -0.454 e. The molecular weight excluding hydrogens is 238 g/mol. The number of hydrazine groups is 1. The van der Waals surface area contributed by atoms with Crippen LogP contribution in [0.15, 0.2) is 10.5 Å². The number of nitrogens with zero attached hydrogens (tertiary/aromatic N) is 1. The third kappa shape index (κ3) is 4.07. The lowest BCUT2D eigenvalue weighted by Crippen LogP contribution is -2.30. The zero-order chi connectivity index (χ0) is 12.8. The lowest BCUT2D eigenvalue weighted by Gasteiger charge is -2.13. The van der Waals surface area contributed by atoms with Gasteiger partial charge in [-0.2, -0.15) is 11.8 Å². The molecule has 17 heavy (non-hydrogen) atoms. The zero-order valence-corrected chi connectivity index (χ0v) is 11.3. The van der Waals surface area contributed by atoms with Crippen LogP contribution in [-0.2, 0) is 6.54 Å². The number of furan rings is 1. The molecule has 0 aliphatic heterocycles. The molecule has 0 aliphatic carbocycles. The molecule has 0 bridgehead atoms. The Morgan fingerprint density at radius 3 is 2.94 bits per heavy atom. The van der Waals surface area contributed by atoms with Crippen molar-refractivity contribution < 1.29 is 9.21 Å². The van der Waals surface area contributed by atoms with E-state index in [0.717, 1.165) is 23.6 Å². The summed E-state index contributed by atoms with van der Waals surface area (Å²) in [5.74, 6) is 6.84. The first-order valence-electron chi connectivity index (χ1n) is 5.36. The van der Waals surface area contributed by atoms with Crippen LogP contribution < -0.4 is 11.3 Å². The Morgan fingerprint density at radius 1 is 1.65 bits per heavy atom. The van der Waals surface area contributed by atoms with Crippen LogP contribution in [0.4, 0.5) is 0 Å². The third-order valence-corrected chi connectivity index (χ3v) is 3.00. The maximum Gasteiger partial charge on any atom is 0.301 e. The molecule has 6 heteroatoms. The van der Waals surface area contributed by atoms with E-state index < -0.39 is 0 Å². The van der Waals surface area contributed by atoms with Gasteiger partial charge in [-0.25, -0.2) is 5.84 Å². The van der Waals surface area contributed by atoms with Gasteiger partial charge in [-0.1, -0.05) is 0 Å². The van der Waals surface area contributed by atoms with E-state index in [0.29, 0.717) is 12.3 Å². The monoisotopic (exact) mass is 257 g/mol. The Balaban J connectivity index is 2.63. The molecular formula is C11H19N3O2S. The summed E-state index contributed by atoms with van der Waals surface area (Å²) in [6.45, 7) is 3.51. The summed E-state index contributed by atoms with van der Waals surface area (Å²) in [5, 5.41) is 0. The van der Waals surface area contributed by atoms with E-state index in [1.54, 1.807) is 11.8 Å². The average molecular weight is 257 g/mol. The molecule has 5 nitrogen and oxygen atoms in total. The number of amides is 1. The molecule has 1 heterocycles. The molecule has 1 aromatic rings. The summed E-state index contributed by atoms with van der Waals surface area (Å²) in [6.07, 6.45) is 2.08. The number of aryl methyl sites for hydroxylation is 1. The smallest absolute Gasteiger partial charge is 0.301 e. The van der Waals surface area contributed by atoms with Crippen molar-refractivity contribution in [3.05, 3.63) is 23.2 Å². The SMILES string of the molecule is CSCCN(C)Cc1cc(C)c(C(=O)NN)o1. The first-order chi connectivity index (χ1) is 8.08. The van der Waals surface area contributed by atoms with E-state index >= 15 is 0 Å². The number of rotatable bonds is 6. The van der Waals surface area contributed by atoms with Gasteiger partial charge in [0.1, 0.15) is 5.76 Å². The Hall–Kier alpha value is -0.980. The highest BCUT2D eigenvalue weighted by atomic mass is 32.2. The van der Waals surface area contributed by atoms with E-state index in [2.05, 4.69) is 16.6 Å². The van der Waals surface area contributed by atoms with Gasteiger partial charge >= 0.3 is 5.91 Å². The molecule has 1 amide bonds. The molecule has 3 N–H and O–H groups in total. The Morgan fingerprint density at radius 2 is 2.35 bits per heavy atom. The Bertz CT molecular complexity index is 379. The van der Waals surface area contributed by atoms with E-state index in [4.69, 9.17) is 10.3 Å². The van der Waals surface area contributed by atoms with Gasteiger partial charge in [-0.15, -0.1) is 0 Å². The van der Waals surface area contributed by atoms with Crippen LogP contribution in [0.25, 0.3) is 0 Å². The van der Waals surface area contributed by atoms with E-state index in [1.807, 2.05) is 20.0 Å². The molecule has 96 valence electrons. The molecule has 0 fully saturated rings. The number of nitrogen functional groups attached to an aromatic ring is 1. The number of nitrogens with two attached hydrogens (primary N) is 1. The first-order valence-corrected chi connectivity index (χ1v) is 6.75. The summed E-state index contributed by atoms with van der Waals surface area (Å²) >= 11 is 1.80. The molecule has 0 aromatic carbocycles. The fraction of sp³-hybridized carbons (Fsp3) is 0.545. The van der Waals surface area contributed by atoms with Gasteiger partial charge in [0, 0.05) is 17.9 Å². The summed E-state index contributed by atoms with van der Waals surface area (Å²) in [7, 11) is 2.02. The van der Waals surface area contributed by atoms with Crippen LogP contribution in [0, 0.1) is 6.92 Å². The summed E-state index contributed by atoms with van der Waals surface area (Å²) in [5.41, 5.74) is 2.88. The summed E-state index contributed by atoms with van der Waals surface area (Å²) in [4.78, 5) is 13.5. The maximum atomic E-state index is 11.4. The van der Waals surface area contributed by atoms with Crippen LogP contribution in [0.2, 0.25) is 0 Å². The molecule has 0 saturated heterocycles. The molecule has 0 aliphatic rings. The van der Waals surface area contributed by atoms with Crippen molar-refractivity contribution in [1.29, 1.82) is 0 Å². The number of hydrogen-bond acceptors (Lipinski definition) is 5. The number of carbonyl (C=O) groups excluding carboxylic acids is 1. The van der Waals surface area contributed by atoms with Crippen LogP contribution in [0.5, 0.6) is 0 Å². The second-order valence-electron chi connectivity index (χ2n) is 3.93. The average Bonchev–Trinajstić information content (AvgIpc) is 2.66. The predicted octanol–water partition coefficient (Wildman–Crippen LogP) is 0.986. The summed E-state index contributed by atoms with van der Waals surface area (Å²) < 4.78 is 5.48. The number of nitrogens with one attached hydrogen (secondary N) is 1. The minimum absolute atomic E-state index is 0.292. The quantitative estimate of drug-likeness (QED) is 0.452. The third-order valence-electron chi connectivity index (χ3n) is 2.41. The van der Waals surface area contributed by atoms with E-state index in [-0.39, 0.29) is 5.91 Å². The largest absolute Gasteiger partial charge is 0.454 e. The van der Waals surface area contributed by atoms with Crippen LogP contribution in [0.3, 0.4) is 0 Å². The van der Waals surface area contributed by atoms with Crippen LogP contribution in [0.1, 0.15) is 21.9 Å². The second-order valence-corrected chi connectivity index (χ2v) is 4.91. The van der Waals surface area contributed by atoms with Crippen molar-refractivity contribution in [3.63, 3.8) is 0 Å². The lowest BCUT2D eigenvalue weighted by molar-refractivity contribution is 0.0921. The molecule has 0 saturated carbocycles. The maximum absolute atomic E-state index is 11.4. The zero-order valence-electron chi connectivity index (χ0n) is 10.4. The lowest BCUT2D eigenvalue weighted by atomic mass is 10.2. The standard InChI is InChI=1S/C11H19N3O2S/c1-8-6-9(7-14(2)4-5-17-3)16-10(8)11(15)13-12/h6H,4-5,7,12H2,1-3H3,(H,13,15). The van der Waals surface area contributed by atoms with Crippen molar-refractivity contribution in [2.45, 2.75) is 13.5 Å². The number of hydrogen-bond donors (Lipinski definition) is 2. The molecule has 0 radical (unpaired) electrons. The van der Waals surface area contributed by atoms with E-state index in [1.165, 1.54) is 0 Å². The first kappa shape index (κ1) is 14.1. The van der Waals surface area contributed by atoms with Crippen molar-refractivity contribution in [2.24, 2.45) is 5.84 Å². The van der Waals surface area contributed by atoms with Gasteiger partial charge in [0.2, 0.25) is 0 Å². The topological polar surface area (TPSA) is 71.5 Å².